The van der Waals surface area contributed by atoms with Gasteiger partial charge in [0, 0.05) is 7.05 Å². The van der Waals surface area contributed by atoms with E-state index in [1.54, 1.807) is 27.8 Å². The molecule has 0 saturated carbocycles. The smallest absolute Gasteiger partial charge is 0.427 e. The van der Waals surface area contributed by atoms with E-state index in [4.69, 9.17) is 9.57 Å². The number of hydrazine groups is 1. The van der Waals surface area contributed by atoms with Crippen LogP contribution in [0.3, 0.4) is 0 Å². The Kier molecular flexibility index (Phi) is 6.28. The van der Waals surface area contributed by atoms with E-state index in [0.717, 1.165) is 0 Å². The van der Waals surface area contributed by atoms with Gasteiger partial charge in [0.1, 0.15) is 17.9 Å². The van der Waals surface area contributed by atoms with Gasteiger partial charge < -0.3 is 9.53 Å². The second-order valence-corrected chi connectivity index (χ2v) is 5.34. The van der Waals surface area contributed by atoms with E-state index < -0.39 is 17.7 Å². The maximum atomic E-state index is 12.1. The van der Waals surface area contributed by atoms with Gasteiger partial charge in [0.05, 0.1) is 7.11 Å². The van der Waals surface area contributed by atoms with Gasteiger partial charge in [-0.05, 0) is 26.7 Å². The monoisotopic (exact) mass is 260 g/mol. The van der Waals surface area contributed by atoms with E-state index in [0.29, 0.717) is 6.29 Å². The molecule has 0 aliphatic carbocycles. The van der Waals surface area contributed by atoms with Crippen molar-refractivity contribution in [3.8, 4) is 0 Å². The lowest BCUT2D eigenvalue weighted by Gasteiger charge is -2.36. The summed E-state index contributed by atoms with van der Waals surface area (Å²) in [4.78, 5) is 28.2. The molecule has 106 valence electrons. The number of aldehydes is 1. The van der Waals surface area contributed by atoms with Crippen LogP contribution in [0.5, 0.6) is 0 Å². The molecule has 0 N–H and O–H groups in total. The third-order valence-corrected chi connectivity index (χ3v) is 2.25. The van der Waals surface area contributed by atoms with Crippen molar-refractivity contribution >= 4 is 12.4 Å². The molecule has 0 aromatic heterocycles. The van der Waals surface area contributed by atoms with Crippen molar-refractivity contribution in [2.45, 2.75) is 46.3 Å². The summed E-state index contributed by atoms with van der Waals surface area (Å²) in [6.07, 6.45) is 0.0991. The number of carbonyl (C=O) groups excluding carboxylic acids is 2. The van der Waals surface area contributed by atoms with E-state index in [-0.39, 0.29) is 5.92 Å². The predicted molar refractivity (Wildman–Crippen MR) is 67.5 cm³/mol. The molecule has 0 saturated heterocycles. The van der Waals surface area contributed by atoms with Crippen LogP contribution in [0, 0.1) is 5.92 Å². The zero-order valence-corrected chi connectivity index (χ0v) is 12.3. The molecule has 0 heterocycles. The van der Waals surface area contributed by atoms with Crippen LogP contribution in [-0.2, 0) is 14.4 Å². The molecule has 0 aliphatic heterocycles. The number of ether oxygens (including phenoxy) is 1. The molecule has 0 aromatic carbocycles. The predicted octanol–water partition coefficient (Wildman–Crippen LogP) is 1.86. The van der Waals surface area contributed by atoms with Crippen LogP contribution in [0.4, 0.5) is 4.79 Å². The minimum Gasteiger partial charge on any atom is -0.443 e. The molecule has 18 heavy (non-hydrogen) atoms. The second-order valence-electron chi connectivity index (χ2n) is 5.34. The minimum absolute atomic E-state index is 0.0485. The highest BCUT2D eigenvalue weighted by molar-refractivity contribution is 5.73. The number of hydrogen-bond donors (Lipinski definition) is 0. The summed E-state index contributed by atoms with van der Waals surface area (Å²) in [6.45, 7) is 8.99. The average molecular weight is 260 g/mol. The van der Waals surface area contributed by atoms with Crippen molar-refractivity contribution in [2.24, 2.45) is 5.92 Å². The van der Waals surface area contributed by atoms with Gasteiger partial charge in [0.2, 0.25) is 0 Å². The molecule has 0 unspecified atom stereocenters. The van der Waals surface area contributed by atoms with Crippen molar-refractivity contribution < 1.29 is 19.2 Å². The average Bonchev–Trinajstić information content (AvgIpc) is 2.21. The van der Waals surface area contributed by atoms with E-state index in [9.17, 15) is 9.59 Å². The lowest BCUT2D eigenvalue weighted by molar-refractivity contribution is -0.249. The third kappa shape index (κ3) is 5.01. The molecule has 0 spiro atoms. The van der Waals surface area contributed by atoms with Crippen LogP contribution in [0.15, 0.2) is 0 Å². The fraction of sp³-hybridized carbons (Fsp3) is 0.833. The zero-order chi connectivity index (χ0) is 14.5. The first-order valence-electron chi connectivity index (χ1n) is 5.89. The van der Waals surface area contributed by atoms with Crippen LogP contribution in [-0.4, -0.2) is 48.4 Å². The normalized spacial score (nSPS) is 13.6. The number of amides is 1. The molecule has 0 bridgehead atoms. The molecular weight excluding hydrogens is 236 g/mol. The number of nitrogens with zero attached hydrogens (tertiary/aromatic N) is 2. The van der Waals surface area contributed by atoms with Crippen molar-refractivity contribution in [1.29, 1.82) is 0 Å². The SMILES string of the molecule is CON(C)N(C(=O)OC(C)(C)C)[C@H](C=O)C(C)C. The Morgan fingerprint density at radius 2 is 1.78 bits per heavy atom. The Bertz CT molecular complexity index is 286. The van der Waals surface area contributed by atoms with Crippen molar-refractivity contribution in [3.63, 3.8) is 0 Å². The number of rotatable bonds is 5. The Morgan fingerprint density at radius 3 is 2.06 bits per heavy atom. The Balaban J connectivity index is 5.10. The Hall–Kier alpha value is -1.14. The largest absolute Gasteiger partial charge is 0.443 e. The third-order valence-electron chi connectivity index (χ3n) is 2.25. The highest BCUT2D eigenvalue weighted by atomic mass is 16.7. The fourth-order valence-corrected chi connectivity index (χ4v) is 1.32. The van der Waals surface area contributed by atoms with E-state index in [1.807, 2.05) is 13.8 Å². The van der Waals surface area contributed by atoms with Gasteiger partial charge >= 0.3 is 6.09 Å². The summed E-state index contributed by atoms with van der Waals surface area (Å²) in [5.74, 6) is -0.0485. The van der Waals surface area contributed by atoms with Crippen LogP contribution in [0.25, 0.3) is 0 Å². The number of carbonyl (C=O) groups is 2. The highest BCUT2D eigenvalue weighted by Crippen LogP contribution is 2.16. The first-order valence-corrected chi connectivity index (χ1v) is 5.89. The molecule has 0 aromatic rings. The van der Waals surface area contributed by atoms with E-state index >= 15 is 0 Å². The standard InChI is InChI=1S/C12H24N2O4/c1-9(2)10(8-15)14(13(6)17-7)11(16)18-12(3,4)5/h8-10H,1-7H3/t10-/m1/s1. The lowest BCUT2D eigenvalue weighted by atomic mass is 10.1. The quantitative estimate of drug-likeness (QED) is 0.558. The van der Waals surface area contributed by atoms with Crippen molar-refractivity contribution in [1.82, 2.24) is 10.2 Å². The molecule has 6 heteroatoms. The molecule has 0 radical (unpaired) electrons. The van der Waals surface area contributed by atoms with Gasteiger partial charge in [-0.2, -0.15) is 0 Å². The first-order chi connectivity index (χ1) is 8.14. The summed E-state index contributed by atoms with van der Waals surface area (Å²) in [5.41, 5.74) is -0.631. The Morgan fingerprint density at radius 1 is 1.28 bits per heavy atom. The first kappa shape index (κ1) is 16.9. The van der Waals surface area contributed by atoms with Gasteiger partial charge in [-0.25, -0.2) is 9.80 Å². The summed E-state index contributed by atoms with van der Waals surface area (Å²) < 4.78 is 5.26. The molecule has 0 aliphatic rings. The molecular formula is C12H24N2O4. The van der Waals surface area contributed by atoms with Gasteiger partial charge in [-0.15, -0.1) is 0 Å². The van der Waals surface area contributed by atoms with Crippen molar-refractivity contribution in [3.05, 3.63) is 0 Å². The molecule has 0 fully saturated rings. The maximum absolute atomic E-state index is 12.1. The lowest BCUT2D eigenvalue weighted by Crippen LogP contribution is -2.54. The van der Waals surface area contributed by atoms with Crippen molar-refractivity contribution in [2.75, 3.05) is 14.2 Å². The van der Waals surface area contributed by atoms with Gasteiger partial charge in [-0.3, -0.25) is 4.84 Å². The zero-order valence-electron chi connectivity index (χ0n) is 12.3. The molecule has 1 atom stereocenters. The van der Waals surface area contributed by atoms with Gasteiger partial charge in [0.15, 0.2) is 0 Å². The van der Waals surface area contributed by atoms with Gasteiger partial charge in [0.25, 0.3) is 0 Å². The molecule has 6 nitrogen and oxygen atoms in total. The van der Waals surface area contributed by atoms with E-state index in [2.05, 4.69) is 0 Å². The topological polar surface area (TPSA) is 59.1 Å². The second kappa shape index (κ2) is 6.70. The number of hydrogen-bond acceptors (Lipinski definition) is 5. The summed E-state index contributed by atoms with van der Waals surface area (Å²) in [5, 5.41) is 2.37. The Labute approximate surface area is 109 Å². The summed E-state index contributed by atoms with van der Waals surface area (Å²) in [7, 11) is 2.96. The summed E-state index contributed by atoms with van der Waals surface area (Å²) in [6, 6.07) is -0.634. The molecule has 0 rings (SSSR count). The van der Waals surface area contributed by atoms with Crippen LogP contribution in [0.2, 0.25) is 0 Å². The molecule has 1 amide bonds. The fourth-order valence-electron chi connectivity index (χ4n) is 1.32. The maximum Gasteiger partial charge on any atom is 0.427 e. The van der Waals surface area contributed by atoms with E-state index in [1.165, 1.54) is 17.3 Å². The van der Waals surface area contributed by atoms with Gasteiger partial charge in [-0.1, -0.05) is 19.0 Å². The van der Waals surface area contributed by atoms with Crippen LogP contribution < -0.4 is 0 Å². The van der Waals surface area contributed by atoms with Crippen LogP contribution in [0.1, 0.15) is 34.6 Å². The number of hydroxylamine groups is 1. The summed E-state index contributed by atoms with van der Waals surface area (Å²) >= 11 is 0. The van der Waals surface area contributed by atoms with Crippen LogP contribution >= 0.6 is 0 Å². The minimum atomic E-state index is -0.634. The highest BCUT2D eigenvalue weighted by Gasteiger charge is 2.33.